The van der Waals surface area contributed by atoms with Gasteiger partial charge in [-0.1, -0.05) is 19.8 Å². The number of fused-ring (bicyclic) bond motifs is 1. The van der Waals surface area contributed by atoms with Crippen molar-refractivity contribution in [1.82, 2.24) is 15.3 Å². The van der Waals surface area contributed by atoms with Crippen LogP contribution in [0.25, 0.3) is 11.0 Å². The van der Waals surface area contributed by atoms with Crippen molar-refractivity contribution in [3.63, 3.8) is 0 Å². The lowest BCUT2D eigenvalue weighted by molar-refractivity contribution is 0.415. The fourth-order valence-corrected chi connectivity index (χ4v) is 2.12. The Labute approximate surface area is 114 Å². The van der Waals surface area contributed by atoms with E-state index < -0.39 is 0 Å². The minimum atomic E-state index is 0.861. The number of nitrogens with zero attached hydrogens (tertiary/aromatic N) is 1. The third-order valence-electron chi connectivity index (χ3n) is 3.23. The maximum atomic E-state index is 5.21. The second-order valence-corrected chi connectivity index (χ2v) is 4.77. The minimum Gasteiger partial charge on any atom is -0.497 e. The number of rotatable bonds is 8. The Morgan fingerprint density at radius 2 is 2.16 bits per heavy atom. The second kappa shape index (κ2) is 7.14. The number of aromatic nitrogens is 2. The van der Waals surface area contributed by atoms with Gasteiger partial charge in [0.15, 0.2) is 0 Å². The summed E-state index contributed by atoms with van der Waals surface area (Å²) in [6, 6.07) is 5.92. The van der Waals surface area contributed by atoms with Crippen molar-refractivity contribution in [2.45, 2.75) is 32.6 Å². The van der Waals surface area contributed by atoms with Crippen LogP contribution >= 0.6 is 0 Å². The molecule has 0 aliphatic carbocycles. The van der Waals surface area contributed by atoms with Gasteiger partial charge in [-0.15, -0.1) is 0 Å². The van der Waals surface area contributed by atoms with E-state index in [9.17, 15) is 0 Å². The molecule has 2 aromatic rings. The lowest BCUT2D eigenvalue weighted by Gasteiger charge is -2.01. The quantitative estimate of drug-likeness (QED) is 0.718. The minimum absolute atomic E-state index is 0.861. The molecule has 0 unspecified atom stereocenters. The number of aromatic amines is 1. The van der Waals surface area contributed by atoms with Crippen molar-refractivity contribution >= 4 is 11.0 Å². The Kier molecular flexibility index (Phi) is 5.21. The lowest BCUT2D eigenvalue weighted by Crippen LogP contribution is -2.18. The van der Waals surface area contributed by atoms with Crippen molar-refractivity contribution in [2.75, 3.05) is 20.2 Å². The molecule has 0 saturated carbocycles. The maximum Gasteiger partial charge on any atom is 0.121 e. The van der Waals surface area contributed by atoms with Crippen LogP contribution in [-0.2, 0) is 6.42 Å². The van der Waals surface area contributed by atoms with Gasteiger partial charge in [-0.25, -0.2) is 4.98 Å². The van der Waals surface area contributed by atoms with Crippen molar-refractivity contribution in [2.24, 2.45) is 0 Å². The number of unbranched alkanes of at least 4 members (excludes halogenated alkanes) is 2. The number of ether oxygens (including phenoxy) is 1. The molecule has 2 rings (SSSR count). The first-order valence-corrected chi connectivity index (χ1v) is 7.07. The van der Waals surface area contributed by atoms with Crippen LogP contribution in [-0.4, -0.2) is 30.2 Å². The normalized spacial score (nSPS) is 11.1. The van der Waals surface area contributed by atoms with Crippen molar-refractivity contribution in [3.8, 4) is 5.75 Å². The molecule has 1 heterocycles. The average molecular weight is 261 g/mol. The summed E-state index contributed by atoms with van der Waals surface area (Å²) in [4.78, 5) is 7.91. The lowest BCUT2D eigenvalue weighted by atomic mass is 10.2. The van der Waals surface area contributed by atoms with E-state index in [1.165, 1.54) is 19.3 Å². The van der Waals surface area contributed by atoms with E-state index in [1.54, 1.807) is 7.11 Å². The van der Waals surface area contributed by atoms with Gasteiger partial charge in [0, 0.05) is 19.0 Å². The van der Waals surface area contributed by atoms with E-state index in [0.29, 0.717) is 0 Å². The van der Waals surface area contributed by atoms with E-state index in [1.807, 2.05) is 18.2 Å². The van der Waals surface area contributed by atoms with Gasteiger partial charge in [0.2, 0.25) is 0 Å². The molecule has 2 N–H and O–H groups in total. The zero-order valence-electron chi connectivity index (χ0n) is 11.8. The molecule has 1 aromatic heterocycles. The molecule has 0 aliphatic heterocycles. The number of hydrogen-bond acceptors (Lipinski definition) is 3. The smallest absolute Gasteiger partial charge is 0.121 e. The Balaban J connectivity index is 1.84. The molecule has 4 heteroatoms. The summed E-state index contributed by atoms with van der Waals surface area (Å²) in [5.74, 6) is 1.90. The van der Waals surface area contributed by atoms with Gasteiger partial charge in [0.05, 0.1) is 18.1 Å². The standard InChI is InChI=1S/C15H23N3O/c1-3-4-5-9-16-10-8-15-17-13-7-6-12(19-2)11-14(13)18-15/h6-7,11,16H,3-5,8-10H2,1-2H3,(H,17,18). The van der Waals surface area contributed by atoms with Crippen LogP contribution in [0.4, 0.5) is 0 Å². The van der Waals surface area contributed by atoms with Gasteiger partial charge in [0.1, 0.15) is 11.6 Å². The van der Waals surface area contributed by atoms with E-state index in [4.69, 9.17) is 4.74 Å². The largest absolute Gasteiger partial charge is 0.497 e. The average Bonchev–Trinajstić information content (AvgIpc) is 2.84. The molecule has 4 nitrogen and oxygen atoms in total. The molecule has 0 saturated heterocycles. The van der Waals surface area contributed by atoms with Gasteiger partial charge >= 0.3 is 0 Å². The first-order valence-electron chi connectivity index (χ1n) is 7.07. The summed E-state index contributed by atoms with van der Waals surface area (Å²) >= 11 is 0. The Morgan fingerprint density at radius 1 is 1.26 bits per heavy atom. The molecule has 0 fully saturated rings. The number of hydrogen-bond donors (Lipinski definition) is 2. The monoisotopic (exact) mass is 261 g/mol. The molecule has 0 bridgehead atoms. The first kappa shape index (κ1) is 13.9. The van der Waals surface area contributed by atoms with Crippen LogP contribution in [0.3, 0.4) is 0 Å². The highest BCUT2D eigenvalue weighted by Crippen LogP contribution is 2.18. The SMILES string of the molecule is CCCCCNCCc1nc2ccc(OC)cc2[nH]1. The van der Waals surface area contributed by atoms with Crippen molar-refractivity contribution < 1.29 is 4.74 Å². The Morgan fingerprint density at radius 3 is 2.95 bits per heavy atom. The zero-order chi connectivity index (χ0) is 13.5. The van der Waals surface area contributed by atoms with Crippen LogP contribution in [0, 0.1) is 0 Å². The number of imidazole rings is 1. The Bertz CT molecular complexity index is 507. The predicted octanol–water partition coefficient (Wildman–Crippen LogP) is 2.89. The number of benzene rings is 1. The summed E-state index contributed by atoms with van der Waals surface area (Å²) < 4.78 is 5.21. The van der Waals surface area contributed by atoms with Crippen LogP contribution in [0.2, 0.25) is 0 Å². The predicted molar refractivity (Wildman–Crippen MR) is 78.7 cm³/mol. The van der Waals surface area contributed by atoms with Crippen molar-refractivity contribution in [1.29, 1.82) is 0 Å². The van der Waals surface area contributed by atoms with E-state index in [2.05, 4.69) is 22.2 Å². The highest BCUT2D eigenvalue weighted by Gasteiger charge is 2.03. The highest BCUT2D eigenvalue weighted by atomic mass is 16.5. The van der Waals surface area contributed by atoms with Gasteiger partial charge in [0.25, 0.3) is 0 Å². The summed E-state index contributed by atoms with van der Waals surface area (Å²) in [5, 5.41) is 3.45. The number of H-pyrrole nitrogens is 1. The van der Waals surface area contributed by atoms with E-state index >= 15 is 0 Å². The van der Waals surface area contributed by atoms with Gasteiger partial charge in [-0.2, -0.15) is 0 Å². The molecule has 0 radical (unpaired) electrons. The molecule has 0 aliphatic rings. The van der Waals surface area contributed by atoms with E-state index in [0.717, 1.165) is 42.1 Å². The third-order valence-corrected chi connectivity index (χ3v) is 3.23. The summed E-state index contributed by atoms with van der Waals surface area (Å²) in [6.07, 6.45) is 4.77. The molecule has 1 aromatic carbocycles. The molecular weight excluding hydrogens is 238 g/mol. The molecule has 0 amide bonds. The summed E-state index contributed by atoms with van der Waals surface area (Å²) in [5.41, 5.74) is 2.04. The Hall–Kier alpha value is -1.55. The fourth-order valence-electron chi connectivity index (χ4n) is 2.12. The molecule has 19 heavy (non-hydrogen) atoms. The van der Waals surface area contributed by atoms with Crippen LogP contribution in [0.1, 0.15) is 32.0 Å². The van der Waals surface area contributed by atoms with Crippen LogP contribution in [0.15, 0.2) is 18.2 Å². The maximum absolute atomic E-state index is 5.21. The van der Waals surface area contributed by atoms with Gasteiger partial charge in [-0.05, 0) is 25.1 Å². The highest BCUT2D eigenvalue weighted by molar-refractivity contribution is 5.76. The van der Waals surface area contributed by atoms with Gasteiger partial charge in [-0.3, -0.25) is 0 Å². The first-order chi connectivity index (χ1) is 9.33. The molecule has 104 valence electrons. The molecule has 0 spiro atoms. The number of nitrogens with one attached hydrogen (secondary N) is 2. The van der Waals surface area contributed by atoms with E-state index in [-0.39, 0.29) is 0 Å². The molecular formula is C15H23N3O. The van der Waals surface area contributed by atoms with Crippen LogP contribution in [0.5, 0.6) is 5.75 Å². The zero-order valence-corrected chi connectivity index (χ0v) is 11.8. The van der Waals surface area contributed by atoms with Gasteiger partial charge < -0.3 is 15.0 Å². The third kappa shape index (κ3) is 3.96. The fraction of sp³-hybridized carbons (Fsp3) is 0.533. The summed E-state index contributed by atoms with van der Waals surface area (Å²) in [6.45, 7) is 4.30. The topological polar surface area (TPSA) is 49.9 Å². The van der Waals surface area contributed by atoms with Crippen molar-refractivity contribution in [3.05, 3.63) is 24.0 Å². The van der Waals surface area contributed by atoms with Crippen LogP contribution < -0.4 is 10.1 Å². The summed E-state index contributed by atoms with van der Waals surface area (Å²) in [7, 11) is 1.68. The second-order valence-electron chi connectivity index (χ2n) is 4.77. The molecule has 0 atom stereocenters. The number of methoxy groups -OCH3 is 1.